The normalized spacial score (nSPS) is 32.6. The molecule has 2 saturated carbocycles. The second kappa shape index (κ2) is 4.28. The van der Waals surface area contributed by atoms with Gasteiger partial charge in [-0.15, -0.1) is 10.2 Å². The Labute approximate surface area is 117 Å². The number of rotatable bonds is 3. The Bertz CT molecular complexity index is 540. The van der Waals surface area contributed by atoms with Gasteiger partial charge < -0.3 is 14.4 Å². The van der Waals surface area contributed by atoms with E-state index in [2.05, 4.69) is 10.2 Å². The van der Waals surface area contributed by atoms with Gasteiger partial charge in [0.2, 0.25) is 17.7 Å². The van der Waals surface area contributed by atoms with Gasteiger partial charge in [0.05, 0.1) is 5.41 Å². The van der Waals surface area contributed by atoms with Gasteiger partial charge in [0.15, 0.2) is 0 Å². The van der Waals surface area contributed by atoms with Gasteiger partial charge in [0, 0.05) is 19.0 Å². The maximum absolute atomic E-state index is 11.8. The predicted octanol–water partition coefficient (Wildman–Crippen LogP) is 0.819. The molecule has 6 nitrogen and oxygen atoms in total. The van der Waals surface area contributed by atoms with E-state index in [4.69, 9.17) is 9.52 Å². The molecule has 2 atom stereocenters. The van der Waals surface area contributed by atoms with Gasteiger partial charge in [0.25, 0.3) is 0 Å². The first-order chi connectivity index (χ1) is 9.73. The molecule has 1 aromatic rings. The van der Waals surface area contributed by atoms with E-state index < -0.39 is 6.61 Å². The summed E-state index contributed by atoms with van der Waals surface area (Å²) >= 11 is 0. The highest BCUT2D eigenvalue weighted by atomic mass is 16.4. The minimum atomic E-state index is -0.417. The van der Waals surface area contributed by atoms with Gasteiger partial charge in [-0.3, -0.25) is 4.79 Å². The Morgan fingerprint density at radius 3 is 3.00 bits per heavy atom. The highest BCUT2D eigenvalue weighted by Gasteiger charge is 2.55. The van der Waals surface area contributed by atoms with E-state index in [-0.39, 0.29) is 11.3 Å². The van der Waals surface area contributed by atoms with Gasteiger partial charge in [-0.1, -0.05) is 6.42 Å². The van der Waals surface area contributed by atoms with Crippen molar-refractivity contribution in [3.8, 4) is 0 Å². The molecule has 0 radical (unpaired) electrons. The molecule has 2 aliphatic carbocycles. The SMILES string of the molecule is O=C(CO)N1C[C@@H]2CCC[C@]2(c2nnc(C3CC3)o2)C1. The zero-order valence-corrected chi connectivity index (χ0v) is 11.4. The number of carbonyl (C=O) groups is 1. The molecule has 0 aromatic carbocycles. The first-order valence-electron chi connectivity index (χ1n) is 7.45. The molecule has 1 aromatic heterocycles. The van der Waals surface area contributed by atoms with Crippen molar-refractivity contribution in [2.24, 2.45) is 5.92 Å². The van der Waals surface area contributed by atoms with Crippen LogP contribution in [0.1, 0.15) is 49.8 Å². The summed E-state index contributed by atoms with van der Waals surface area (Å²) in [4.78, 5) is 13.5. The van der Waals surface area contributed by atoms with E-state index in [9.17, 15) is 4.79 Å². The van der Waals surface area contributed by atoms with Crippen LogP contribution in [0, 0.1) is 5.92 Å². The highest BCUT2D eigenvalue weighted by Crippen LogP contribution is 2.51. The molecule has 3 aliphatic rings. The van der Waals surface area contributed by atoms with Crippen molar-refractivity contribution < 1.29 is 14.3 Å². The van der Waals surface area contributed by atoms with Crippen LogP contribution in [0.15, 0.2) is 4.42 Å². The third-order valence-electron chi connectivity index (χ3n) is 5.15. The van der Waals surface area contributed by atoms with Crippen molar-refractivity contribution in [3.05, 3.63) is 11.8 Å². The van der Waals surface area contributed by atoms with Gasteiger partial charge in [-0.05, 0) is 31.6 Å². The summed E-state index contributed by atoms with van der Waals surface area (Å²) in [5.41, 5.74) is -0.162. The first kappa shape index (κ1) is 12.3. The molecule has 1 saturated heterocycles. The smallest absolute Gasteiger partial charge is 0.248 e. The Morgan fingerprint density at radius 1 is 1.40 bits per heavy atom. The summed E-state index contributed by atoms with van der Waals surface area (Å²) < 4.78 is 5.94. The summed E-state index contributed by atoms with van der Waals surface area (Å²) in [7, 11) is 0. The number of carbonyl (C=O) groups excluding carboxylic acids is 1. The number of amides is 1. The van der Waals surface area contributed by atoms with Crippen LogP contribution in [0.5, 0.6) is 0 Å². The number of hydrogen-bond acceptors (Lipinski definition) is 5. The number of aliphatic hydroxyl groups excluding tert-OH is 1. The van der Waals surface area contributed by atoms with Gasteiger partial charge in [-0.2, -0.15) is 0 Å². The Kier molecular flexibility index (Phi) is 2.64. The molecular formula is C14H19N3O3. The van der Waals surface area contributed by atoms with E-state index in [0.29, 0.717) is 24.9 Å². The van der Waals surface area contributed by atoms with Crippen LogP contribution in [0.4, 0.5) is 0 Å². The second-order valence-corrected chi connectivity index (χ2v) is 6.40. The zero-order valence-electron chi connectivity index (χ0n) is 11.4. The molecule has 1 aliphatic heterocycles. The van der Waals surface area contributed by atoms with E-state index in [1.54, 1.807) is 4.90 Å². The number of nitrogens with zero attached hydrogens (tertiary/aromatic N) is 3. The van der Waals surface area contributed by atoms with Gasteiger partial charge in [-0.25, -0.2) is 0 Å². The fourth-order valence-electron chi connectivity index (χ4n) is 3.86. The van der Waals surface area contributed by atoms with Crippen LogP contribution in [0.2, 0.25) is 0 Å². The van der Waals surface area contributed by atoms with Crippen molar-refractivity contribution in [2.45, 2.75) is 43.4 Å². The maximum Gasteiger partial charge on any atom is 0.248 e. The third-order valence-corrected chi connectivity index (χ3v) is 5.15. The first-order valence-corrected chi connectivity index (χ1v) is 7.45. The van der Waals surface area contributed by atoms with E-state index in [0.717, 1.165) is 43.9 Å². The van der Waals surface area contributed by atoms with Crippen LogP contribution in [0.25, 0.3) is 0 Å². The maximum atomic E-state index is 11.8. The molecule has 4 rings (SSSR count). The number of fused-ring (bicyclic) bond motifs is 1. The molecule has 2 heterocycles. The van der Waals surface area contributed by atoms with Crippen molar-refractivity contribution >= 4 is 5.91 Å². The van der Waals surface area contributed by atoms with Crippen LogP contribution < -0.4 is 0 Å². The zero-order chi connectivity index (χ0) is 13.7. The Balaban J connectivity index is 1.64. The fourth-order valence-corrected chi connectivity index (χ4v) is 3.86. The summed E-state index contributed by atoms with van der Waals surface area (Å²) in [6.07, 6.45) is 5.53. The van der Waals surface area contributed by atoms with Gasteiger partial charge in [0.1, 0.15) is 6.61 Å². The number of likely N-dealkylation sites (tertiary alicyclic amines) is 1. The molecule has 1 N–H and O–H groups in total. The molecule has 0 unspecified atom stereocenters. The quantitative estimate of drug-likeness (QED) is 0.884. The summed E-state index contributed by atoms with van der Waals surface area (Å²) in [6.45, 7) is 0.907. The van der Waals surface area contributed by atoms with E-state index >= 15 is 0 Å². The van der Waals surface area contributed by atoms with Crippen molar-refractivity contribution in [3.63, 3.8) is 0 Å². The number of aromatic nitrogens is 2. The molecule has 6 heteroatoms. The molecular weight excluding hydrogens is 258 g/mol. The Morgan fingerprint density at radius 2 is 2.25 bits per heavy atom. The van der Waals surface area contributed by atoms with Gasteiger partial charge >= 0.3 is 0 Å². The van der Waals surface area contributed by atoms with E-state index in [1.807, 2.05) is 0 Å². The lowest BCUT2D eigenvalue weighted by atomic mass is 9.80. The third kappa shape index (κ3) is 1.70. The van der Waals surface area contributed by atoms with E-state index in [1.165, 1.54) is 0 Å². The van der Waals surface area contributed by atoms with Crippen LogP contribution in [-0.2, 0) is 10.2 Å². The molecule has 0 bridgehead atoms. The number of hydrogen-bond donors (Lipinski definition) is 1. The lowest BCUT2D eigenvalue weighted by Gasteiger charge is -2.24. The highest BCUT2D eigenvalue weighted by molar-refractivity contribution is 5.77. The molecule has 0 spiro atoms. The van der Waals surface area contributed by atoms with Crippen molar-refractivity contribution in [1.29, 1.82) is 0 Å². The Hall–Kier alpha value is -1.43. The van der Waals surface area contributed by atoms with Crippen LogP contribution in [0.3, 0.4) is 0 Å². The lowest BCUT2D eigenvalue weighted by Crippen LogP contribution is -2.36. The predicted molar refractivity (Wildman–Crippen MR) is 69.0 cm³/mol. The van der Waals surface area contributed by atoms with Crippen molar-refractivity contribution in [2.75, 3.05) is 19.7 Å². The van der Waals surface area contributed by atoms with Crippen molar-refractivity contribution in [1.82, 2.24) is 15.1 Å². The minimum Gasteiger partial charge on any atom is -0.424 e. The molecule has 1 amide bonds. The average Bonchev–Trinajstić information content (AvgIpc) is 2.89. The van der Waals surface area contributed by atoms with Crippen LogP contribution >= 0.6 is 0 Å². The summed E-state index contributed by atoms with van der Waals surface area (Å²) in [6, 6.07) is 0. The number of aliphatic hydroxyl groups is 1. The lowest BCUT2D eigenvalue weighted by molar-refractivity contribution is -0.133. The largest absolute Gasteiger partial charge is 0.424 e. The summed E-state index contributed by atoms with van der Waals surface area (Å²) in [5, 5.41) is 17.5. The fraction of sp³-hybridized carbons (Fsp3) is 0.786. The monoisotopic (exact) mass is 277 g/mol. The summed E-state index contributed by atoms with van der Waals surface area (Å²) in [5.74, 6) is 2.15. The van der Waals surface area contributed by atoms with Crippen LogP contribution in [-0.4, -0.2) is 45.8 Å². The molecule has 3 fully saturated rings. The molecule has 20 heavy (non-hydrogen) atoms. The minimum absolute atomic E-state index is 0.162. The topological polar surface area (TPSA) is 79.5 Å². The average molecular weight is 277 g/mol. The standard InChI is InChI=1S/C14H19N3O3/c18-7-11(19)17-6-10-2-1-5-14(10,8-17)13-16-15-12(20-13)9-3-4-9/h9-10,18H,1-8H2/t10-,14-/m0/s1. The molecule has 108 valence electrons. The second-order valence-electron chi connectivity index (χ2n) is 6.40.